The molecule has 0 radical (unpaired) electrons. The van der Waals surface area contributed by atoms with Crippen LogP contribution in [0.25, 0.3) is 0 Å². The number of nitrogens with one attached hydrogen (secondary N) is 1. The Morgan fingerprint density at radius 3 is 2.57 bits per heavy atom. The lowest BCUT2D eigenvalue weighted by molar-refractivity contribution is 0.0981. The number of hydrogen-bond acceptors (Lipinski definition) is 2. The maximum absolute atomic E-state index is 12.4. The lowest BCUT2D eigenvalue weighted by atomic mass is 10.2. The van der Waals surface area contributed by atoms with E-state index in [0.29, 0.717) is 0 Å². The molecule has 1 aromatic rings. The number of halogens is 3. The Balaban J connectivity index is 3.53. The predicted octanol–water partition coefficient (Wildman–Crippen LogP) is 1.02. The first-order valence-corrected chi connectivity index (χ1v) is 4.52. The van der Waals surface area contributed by atoms with E-state index >= 15 is 0 Å². The second-order valence-electron chi connectivity index (χ2n) is 2.44. The Kier molecular flexibility index (Phi) is 3.19. The van der Waals surface area contributed by atoms with Gasteiger partial charge in [0.1, 0.15) is 5.56 Å². The molecule has 0 saturated heterocycles. The molecule has 0 aliphatic rings. The molecule has 0 saturated carbocycles. The largest absolute Gasteiger partial charge is 0.365 e. The molecule has 1 aromatic heterocycles. The third kappa shape index (κ3) is 2.08. The van der Waals surface area contributed by atoms with E-state index in [2.05, 4.69) is 4.98 Å². The van der Waals surface area contributed by atoms with Gasteiger partial charge in [0, 0.05) is 6.07 Å². The molecule has 3 N–H and O–H groups in total. The molecular weight excluding hydrogens is 309 g/mol. The molecule has 0 bridgehead atoms. The summed E-state index contributed by atoms with van der Waals surface area (Å²) in [5.41, 5.74) is 2.61. The highest BCUT2D eigenvalue weighted by atomic mass is 127. The van der Waals surface area contributed by atoms with Gasteiger partial charge >= 0.3 is 0 Å². The van der Waals surface area contributed by atoms with Crippen molar-refractivity contribution in [3.63, 3.8) is 0 Å². The number of rotatable bonds is 2. The second-order valence-corrected chi connectivity index (χ2v) is 3.60. The molecule has 1 rings (SSSR count). The zero-order chi connectivity index (χ0) is 10.9. The number of aromatic nitrogens is 1. The van der Waals surface area contributed by atoms with Crippen molar-refractivity contribution in [2.75, 3.05) is 0 Å². The van der Waals surface area contributed by atoms with Crippen LogP contribution in [0.15, 0.2) is 10.9 Å². The molecule has 1 amide bonds. The summed E-state index contributed by atoms with van der Waals surface area (Å²) < 4.78 is 25.0. The van der Waals surface area contributed by atoms with Crippen LogP contribution in [-0.4, -0.2) is 10.9 Å². The normalized spacial score (nSPS) is 10.6. The van der Waals surface area contributed by atoms with Gasteiger partial charge in [-0.25, -0.2) is 8.78 Å². The molecule has 0 unspecified atom stereocenters. The van der Waals surface area contributed by atoms with Gasteiger partial charge in [0.25, 0.3) is 12.3 Å². The molecule has 0 fully saturated rings. The minimum Gasteiger partial charge on any atom is -0.365 e. The van der Waals surface area contributed by atoms with Gasteiger partial charge in [0.15, 0.2) is 5.43 Å². The first-order chi connectivity index (χ1) is 6.43. The average molecular weight is 314 g/mol. The number of aromatic amines is 1. The third-order valence-corrected chi connectivity index (χ3v) is 2.07. The fraction of sp³-hybridized carbons (Fsp3) is 0.143. The average Bonchev–Trinajstić information content (AvgIpc) is 2.01. The van der Waals surface area contributed by atoms with E-state index in [1.807, 2.05) is 0 Å². The molecule has 0 aromatic carbocycles. The Hall–Kier alpha value is -0.990. The molecule has 7 heteroatoms. The summed E-state index contributed by atoms with van der Waals surface area (Å²) in [6.45, 7) is 0. The molecule has 14 heavy (non-hydrogen) atoms. The Morgan fingerprint density at radius 1 is 1.57 bits per heavy atom. The summed E-state index contributed by atoms with van der Waals surface area (Å²) in [7, 11) is 0. The van der Waals surface area contributed by atoms with E-state index in [-0.39, 0.29) is 3.70 Å². The summed E-state index contributed by atoms with van der Waals surface area (Å²) in [4.78, 5) is 24.1. The molecule has 1 heterocycles. The van der Waals surface area contributed by atoms with Crippen molar-refractivity contribution in [3.8, 4) is 0 Å². The number of amides is 1. The SMILES string of the molecule is NC(=O)c1c(C(F)F)[nH]c(I)cc1=O. The van der Waals surface area contributed by atoms with E-state index < -0.39 is 29.0 Å². The Bertz CT molecular complexity index is 430. The van der Waals surface area contributed by atoms with Crippen LogP contribution >= 0.6 is 22.6 Å². The minimum atomic E-state index is -2.93. The highest BCUT2D eigenvalue weighted by Gasteiger charge is 2.20. The molecule has 76 valence electrons. The second kappa shape index (κ2) is 4.03. The fourth-order valence-electron chi connectivity index (χ4n) is 0.965. The van der Waals surface area contributed by atoms with Crippen molar-refractivity contribution in [1.82, 2.24) is 4.98 Å². The smallest absolute Gasteiger partial charge is 0.279 e. The quantitative estimate of drug-likeness (QED) is 0.631. The van der Waals surface area contributed by atoms with Gasteiger partial charge in [0.2, 0.25) is 0 Å². The third-order valence-electron chi connectivity index (χ3n) is 1.49. The van der Waals surface area contributed by atoms with E-state index in [9.17, 15) is 18.4 Å². The number of carbonyl (C=O) groups is 1. The van der Waals surface area contributed by atoms with Crippen molar-refractivity contribution in [3.05, 3.63) is 31.2 Å². The first-order valence-electron chi connectivity index (χ1n) is 3.44. The number of H-pyrrole nitrogens is 1. The first kappa shape index (κ1) is 11.1. The molecular formula is C7H5F2IN2O2. The van der Waals surface area contributed by atoms with Gasteiger partial charge in [-0.05, 0) is 22.6 Å². The van der Waals surface area contributed by atoms with E-state index in [0.717, 1.165) is 6.07 Å². The van der Waals surface area contributed by atoms with Crippen LogP contribution in [0, 0.1) is 3.70 Å². The summed E-state index contributed by atoms with van der Waals surface area (Å²) in [6, 6.07) is 1.03. The number of primary amides is 1. The number of carbonyl (C=O) groups excluding carboxylic acids is 1. The predicted molar refractivity (Wildman–Crippen MR) is 53.3 cm³/mol. The van der Waals surface area contributed by atoms with Crippen LogP contribution in [-0.2, 0) is 0 Å². The summed E-state index contributed by atoms with van der Waals surface area (Å²) in [6.07, 6.45) is -2.93. The van der Waals surface area contributed by atoms with E-state index in [1.165, 1.54) is 0 Å². The highest BCUT2D eigenvalue weighted by molar-refractivity contribution is 14.1. The minimum absolute atomic E-state index is 0.230. The zero-order valence-corrected chi connectivity index (χ0v) is 8.84. The lowest BCUT2D eigenvalue weighted by Gasteiger charge is -2.05. The van der Waals surface area contributed by atoms with E-state index in [1.54, 1.807) is 22.6 Å². The van der Waals surface area contributed by atoms with Crippen molar-refractivity contribution < 1.29 is 13.6 Å². The number of pyridine rings is 1. The van der Waals surface area contributed by atoms with Crippen molar-refractivity contribution >= 4 is 28.5 Å². The monoisotopic (exact) mass is 314 g/mol. The standard InChI is InChI=1S/C7H5F2IN2O2/c8-6(9)5-4(7(11)14)2(13)1-3(10)12-5/h1,6H,(H2,11,14)(H,12,13). The van der Waals surface area contributed by atoms with Crippen molar-refractivity contribution in [1.29, 1.82) is 0 Å². The van der Waals surface area contributed by atoms with Crippen LogP contribution in [0.1, 0.15) is 22.5 Å². The van der Waals surface area contributed by atoms with Gasteiger partial charge in [-0.2, -0.15) is 0 Å². The van der Waals surface area contributed by atoms with Gasteiger partial charge in [-0.1, -0.05) is 0 Å². The van der Waals surface area contributed by atoms with Gasteiger partial charge in [0.05, 0.1) is 9.39 Å². The Morgan fingerprint density at radius 2 is 2.14 bits per heavy atom. The molecule has 0 spiro atoms. The van der Waals surface area contributed by atoms with Crippen LogP contribution < -0.4 is 11.2 Å². The van der Waals surface area contributed by atoms with Gasteiger partial charge in [-0.15, -0.1) is 0 Å². The van der Waals surface area contributed by atoms with Crippen LogP contribution in [0.5, 0.6) is 0 Å². The van der Waals surface area contributed by atoms with E-state index in [4.69, 9.17) is 5.73 Å². The van der Waals surface area contributed by atoms with Crippen LogP contribution in [0.4, 0.5) is 8.78 Å². The molecule has 0 atom stereocenters. The van der Waals surface area contributed by atoms with Crippen molar-refractivity contribution in [2.45, 2.75) is 6.43 Å². The van der Waals surface area contributed by atoms with Crippen LogP contribution in [0.3, 0.4) is 0 Å². The molecule has 0 aliphatic carbocycles. The van der Waals surface area contributed by atoms with Crippen molar-refractivity contribution in [2.24, 2.45) is 5.73 Å². The maximum Gasteiger partial charge on any atom is 0.279 e. The number of nitrogens with two attached hydrogens (primary N) is 1. The molecule has 0 aliphatic heterocycles. The summed E-state index contributed by atoms with van der Waals surface area (Å²) in [5.74, 6) is -1.15. The summed E-state index contributed by atoms with van der Waals surface area (Å²) in [5, 5.41) is 0. The molecule has 4 nitrogen and oxygen atoms in total. The lowest BCUT2D eigenvalue weighted by Crippen LogP contribution is -2.25. The highest BCUT2D eigenvalue weighted by Crippen LogP contribution is 2.19. The Labute approximate surface area is 90.6 Å². The maximum atomic E-state index is 12.4. The van der Waals surface area contributed by atoms with Crippen LogP contribution in [0.2, 0.25) is 0 Å². The topological polar surface area (TPSA) is 76.0 Å². The zero-order valence-electron chi connectivity index (χ0n) is 6.68. The number of hydrogen-bond donors (Lipinski definition) is 2. The van der Waals surface area contributed by atoms with Gasteiger partial charge in [-0.3, -0.25) is 9.59 Å². The fourth-order valence-corrected chi connectivity index (χ4v) is 1.54. The number of alkyl halides is 2. The van der Waals surface area contributed by atoms with Gasteiger partial charge < -0.3 is 10.7 Å². The summed E-state index contributed by atoms with van der Waals surface area (Å²) >= 11 is 1.66.